The van der Waals surface area contributed by atoms with E-state index in [2.05, 4.69) is 5.32 Å². The smallest absolute Gasteiger partial charge is 0.223 e. The standard InChI is InChI=1S/C9H18N2O2/c1-11-5-2-9(8(10)12)3-6-13-7-4-9/h11H,2-7H2,1H3,(H2,10,12). The topological polar surface area (TPSA) is 64.3 Å². The zero-order chi connectivity index (χ0) is 9.73. The first-order valence-corrected chi connectivity index (χ1v) is 4.73. The SMILES string of the molecule is CNCCC1(C(N)=O)CCOCC1. The first-order chi connectivity index (χ1) is 6.21. The molecule has 0 spiro atoms. The van der Waals surface area contributed by atoms with Crippen LogP contribution in [0.1, 0.15) is 19.3 Å². The Bertz CT molecular complexity index is 176. The molecule has 1 rings (SSSR count). The Morgan fingerprint density at radius 3 is 2.62 bits per heavy atom. The summed E-state index contributed by atoms with van der Waals surface area (Å²) in [5, 5.41) is 3.05. The van der Waals surface area contributed by atoms with Crippen LogP contribution in [-0.2, 0) is 9.53 Å². The van der Waals surface area contributed by atoms with Gasteiger partial charge in [0.05, 0.1) is 5.41 Å². The lowest BCUT2D eigenvalue weighted by molar-refractivity contribution is -0.133. The van der Waals surface area contributed by atoms with Gasteiger partial charge < -0.3 is 15.8 Å². The highest BCUT2D eigenvalue weighted by molar-refractivity contribution is 5.80. The van der Waals surface area contributed by atoms with Crippen LogP contribution in [0.4, 0.5) is 0 Å². The van der Waals surface area contributed by atoms with Crippen LogP contribution in [-0.4, -0.2) is 32.7 Å². The van der Waals surface area contributed by atoms with Crippen LogP contribution in [0.5, 0.6) is 0 Å². The number of ether oxygens (including phenoxy) is 1. The van der Waals surface area contributed by atoms with Crippen molar-refractivity contribution in [2.45, 2.75) is 19.3 Å². The third-order valence-corrected chi connectivity index (χ3v) is 2.83. The molecule has 1 aliphatic rings. The molecule has 76 valence electrons. The molecule has 0 radical (unpaired) electrons. The van der Waals surface area contributed by atoms with E-state index in [1.54, 1.807) is 0 Å². The molecule has 13 heavy (non-hydrogen) atoms. The summed E-state index contributed by atoms with van der Waals surface area (Å²) in [6.45, 7) is 2.16. The minimum atomic E-state index is -0.318. The monoisotopic (exact) mass is 186 g/mol. The minimum Gasteiger partial charge on any atom is -0.381 e. The van der Waals surface area contributed by atoms with Crippen LogP contribution >= 0.6 is 0 Å². The van der Waals surface area contributed by atoms with Crippen LogP contribution in [0.15, 0.2) is 0 Å². The summed E-state index contributed by atoms with van der Waals surface area (Å²) in [4.78, 5) is 11.3. The van der Waals surface area contributed by atoms with E-state index in [1.165, 1.54) is 0 Å². The number of rotatable bonds is 4. The molecule has 3 N–H and O–H groups in total. The van der Waals surface area contributed by atoms with E-state index in [4.69, 9.17) is 10.5 Å². The van der Waals surface area contributed by atoms with Crippen molar-refractivity contribution >= 4 is 5.91 Å². The van der Waals surface area contributed by atoms with Gasteiger partial charge in [0.15, 0.2) is 0 Å². The number of nitrogens with one attached hydrogen (secondary N) is 1. The van der Waals surface area contributed by atoms with Gasteiger partial charge in [-0.05, 0) is 32.9 Å². The number of primary amides is 1. The maximum absolute atomic E-state index is 11.3. The largest absolute Gasteiger partial charge is 0.381 e. The van der Waals surface area contributed by atoms with Gasteiger partial charge in [-0.25, -0.2) is 0 Å². The van der Waals surface area contributed by atoms with E-state index >= 15 is 0 Å². The average molecular weight is 186 g/mol. The molecule has 1 saturated heterocycles. The molecular weight excluding hydrogens is 168 g/mol. The quantitative estimate of drug-likeness (QED) is 0.643. The van der Waals surface area contributed by atoms with Gasteiger partial charge in [0.2, 0.25) is 5.91 Å². The number of carbonyl (C=O) groups is 1. The molecule has 0 unspecified atom stereocenters. The Hall–Kier alpha value is -0.610. The molecular formula is C9H18N2O2. The highest BCUT2D eigenvalue weighted by atomic mass is 16.5. The second-order valence-corrected chi connectivity index (χ2v) is 3.61. The lowest BCUT2D eigenvalue weighted by Crippen LogP contribution is -2.43. The lowest BCUT2D eigenvalue weighted by atomic mass is 9.76. The van der Waals surface area contributed by atoms with Crippen LogP contribution < -0.4 is 11.1 Å². The fourth-order valence-electron chi connectivity index (χ4n) is 1.75. The minimum absolute atomic E-state index is 0.175. The summed E-state index contributed by atoms with van der Waals surface area (Å²) in [5.74, 6) is -0.175. The third kappa shape index (κ3) is 2.42. The van der Waals surface area contributed by atoms with E-state index < -0.39 is 0 Å². The highest BCUT2D eigenvalue weighted by Gasteiger charge is 2.37. The molecule has 0 aromatic heterocycles. The van der Waals surface area contributed by atoms with E-state index in [1.807, 2.05) is 7.05 Å². The van der Waals surface area contributed by atoms with Crippen molar-refractivity contribution in [3.05, 3.63) is 0 Å². The molecule has 1 heterocycles. The number of hydrogen-bond donors (Lipinski definition) is 2. The van der Waals surface area contributed by atoms with Crippen molar-refractivity contribution in [1.82, 2.24) is 5.32 Å². The van der Waals surface area contributed by atoms with E-state index in [0.29, 0.717) is 13.2 Å². The molecule has 0 aromatic carbocycles. The van der Waals surface area contributed by atoms with Crippen molar-refractivity contribution in [1.29, 1.82) is 0 Å². The van der Waals surface area contributed by atoms with Gasteiger partial charge in [0, 0.05) is 13.2 Å². The normalized spacial score (nSPS) is 21.3. The summed E-state index contributed by atoms with van der Waals surface area (Å²) < 4.78 is 5.23. The summed E-state index contributed by atoms with van der Waals surface area (Å²) in [6.07, 6.45) is 2.36. The second-order valence-electron chi connectivity index (χ2n) is 3.61. The van der Waals surface area contributed by atoms with Crippen LogP contribution in [0.25, 0.3) is 0 Å². The van der Waals surface area contributed by atoms with Crippen molar-refractivity contribution < 1.29 is 9.53 Å². The Kier molecular flexibility index (Phi) is 3.69. The predicted octanol–water partition coefficient (Wildman–Crippen LogP) is -0.122. The van der Waals surface area contributed by atoms with Gasteiger partial charge in [0.1, 0.15) is 0 Å². The number of carbonyl (C=O) groups excluding carboxylic acids is 1. The second kappa shape index (κ2) is 4.58. The van der Waals surface area contributed by atoms with Gasteiger partial charge in [-0.3, -0.25) is 4.79 Å². The Morgan fingerprint density at radius 2 is 2.15 bits per heavy atom. The Morgan fingerprint density at radius 1 is 1.54 bits per heavy atom. The fraction of sp³-hybridized carbons (Fsp3) is 0.889. The van der Waals surface area contributed by atoms with Crippen molar-refractivity contribution in [3.8, 4) is 0 Å². The molecule has 0 aliphatic carbocycles. The molecule has 4 heteroatoms. The average Bonchev–Trinajstić information content (AvgIpc) is 2.16. The molecule has 0 aromatic rings. The first kappa shape index (κ1) is 10.5. The van der Waals surface area contributed by atoms with E-state index in [0.717, 1.165) is 25.8 Å². The van der Waals surface area contributed by atoms with Crippen LogP contribution in [0, 0.1) is 5.41 Å². The summed E-state index contributed by atoms with van der Waals surface area (Å²) in [5.41, 5.74) is 5.10. The van der Waals surface area contributed by atoms with Gasteiger partial charge in [-0.2, -0.15) is 0 Å². The van der Waals surface area contributed by atoms with Crippen LogP contribution in [0.2, 0.25) is 0 Å². The number of hydrogen-bond acceptors (Lipinski definition) is 3. The lowest BCUT2D eigenvalue weighted by Gasteiger charge is -2.34. The van der Waals surface area contributed by atoms with Gasteiger partial charge in [0.25, 0.3) is 0 Å². The van der Waals surface area contributed by atoms with Gasteiger partial charge >= 0.3 is 0 Å². The maximum Gasteiger partial charge on any atom is 0.223 e. The molecule has 0 saturated carbocycles. The Balaban J connectivity index is 2.56. The van der Waals surface area contributed by atoms with E-state index in [9.17, 15) is 4.79 Å². The zero-order valence-corrected chi connectivity index (χ0v) is 8.14. The van der Waals surface area contributed by atoms with E-state index in [-0.39, 0.29) is 11.3 Å². The molecule has 0 atom stereocenters. The maximum atomic E-state index is 11.3. The molecule has 4 nitrogen and oxygen atoms in total. The third-order valence-electron chi connectivity index (χ3n) is 2.83. The predicted molar refractivity (Wildman–Crippen MR) is 50.2 cm³/mol. The summed E-state index contributed by atoms with van der Waals surface area (Å²) in [7, 11) is 1.88. The number of amides is 1. The highest BCUT2D eigenvalue weighted by Crippen LogP contribution is 2.33. The van der Waals surface area contributed by atoms with Gasteiger partial charge in [-0.15, -0.1) is 0 Å². The van der Waals surface area contributed by atoms with Gasteiger partial charge in [-0.1, -0.05) is 0 Å². The first-order valence-electron chi connectivity index (χ1n) is 4.73. The molecule has 1 aliphatic heterocycles. The van der Waals surface area contributed by atoms with Crippen molar-refractivity contribution in [2.75, 3.05) is 26.8 Å². The molecule has 1 fully saturated rings. The zero-order valence-electron chi connectivity index (χ0n) is 8.14. The number of nitrogens with two attached hydrogens (primary N) is 1. The molecule has 0 bridgehead atoms. The summed E-state index contributed by atoms with van der Waals surface area (Å²) in [6, 6.07) is 0. The van der Waals surface area contributed by atoms with Crippen molar-refractivity contribution in [2.24, 2.45) is 11.1 Å². The Labute approximate surface area is 78.8 Å². The molecule has 1 amide bonds. The van der Waals surface area contributed by atoms with Crippen molar-refractivity contribution in [3.63, 3.8) is 0 Å². The summed E-state index contributed by atoms with van der Waals surface area (Å²) >= 11 is 0. The van der Waals surface area contributed by atoms with Crippen LogP contribution in [0.3, 0.4) is 0 Å². The fourth-order valence-corrected chi connectivity index (χ4v) is 1.75.